The molecule has 0 radical (unpaired) electrons. The number of benzene rings is 1. The van der Waals surface area contributed by atoms with Gasteiger partial charge < -0.3 is 5.11 Å². The van der Waals surface area contributed by atoms with Gasteiger partial charge in [-0.3, -0.25) is 9.78 Å². The van der Waals surface area contributed by atoms with Crippen LogP contribution < -0.4 is 5.43 Å². The third-order valence-corrected chi connectivity index (χ3v) is 2.46. The number of hydrogen-bond acceptors (Lipinski definition) is 4. The predicted molar refractivity (Wildman–Crippen MR) is 71.4 cm³/mol. The molecule has 5 nitrogen and oxygen atoms in total. The second kappa shape index (κ2) is 6.42. The number of aromatic nitrogens is 1. The summed E-state index contributed by atoms with van der Waals surface area (Å²) in [5, 5.41) is 13.6. The fraction of sp³-hybridized carbons (Fsp3) is 0.0714. The Morgan fingerprint density at radius 1 is 1.21 bits per heavy atom. The smallest absolute Gasteiger partial charge is 0.273 e. The molecule has 2 aromatic rings. The second-order valence-corrected chi connectivity index (χ2v) is 3.83. The topological polar surface area (TPSA) is 74.6 Å². The van der Waals surface area contributed by atoms with E-state index in [9.17, 15) is 9.90 Å². The SMILES string of the molecule is O=C(N/N=C\c1ccncc1)C(O)c1ccccc1. The van der Waals surface area contributed by atoms with Gasteiger partial charge in [-0.1, -0.05) is 30.3 Å². The van der Waals surface area contributed by atoms with Gasteiger partial charge in [0.1, 0.15) is 0 Å². The Hall–Kier alpha value is -2.53. The van der Waals surface area contributed by atoms with E-state index in [4.69, 9.17) is 0 Å². The Kier molecular flexibility index (Phi) is 4.36. The van der Waals surface area contributed by atoms with Crippen LogP contribution in [0.3, 0.4) is 0 Å². The number of amides is 1. The molecule has 1 atom stereocenters. The maximum atomic E-state index is 11.6. The van der Waals surface area contributed by atoms with E-state index in [-0.39, 0.29) is 0 Å². The van der Waals surface area contributed by atoms with E-state index in [1.54, 1.807) is 48.8 Å². The lowest BCUT2D eigenvalue weighted by Gasteiger charge is -2.08. The van der Waals surface area contributed by atoms with Gasteiger partial charge in [0.15, 0.2) is 6.10 Å². The first-order valence-corrected chi connectivity index (χ1v) is 5.73. The fourth-order valence-corrected chi connectivity index (χ4v) is 1.47. The molecule has 5 heteroatoms. The zero-order valence-corrected chi connectivity index (χ0v) is 10.1. The summed E-state index contributed by atoms with van der Waals surface area (Å²) >= 11 is 0. The van der Waals surface area contributed by atoms with E-state index in [1.807, 2.05) is 6.07 Å². The number of nitrogens with one attached hydrogen (secondary N) is 1. The first-order chi connectivity index (χ1) is 9.27. The van der Waals surface area contributed by atoms with Crippen LogP contribution in [0.2, 0.25) is 0 Å². The number of carbonyl (C=O) groups is 1. The van der Waals surface area contributed by atoms with Crippen LogP contribution in [0.25, 0.3) is 0 Å². The summed E-state index contributed by atoms with van der Waals surface area (Å²) in [5.74, 6) is -0.573. The molecule has 1 aromatic carbocycles. The zero-order chi connectivity index (χ0) is 13.5. The molecule has 1 heterocycles. The molecular formula is C14H13N3O2. The summed E-state index contributed by atoms with van der Waals surface area (Å²) in [6.07, 6.45) is 3.51. The molecule has 0 aliphatic carbocycles. The minimum atomic E-state index is -1.23. The van der Waals surface area contributed by atoms with Crippen molar-refractivity contribution in [3.8, 4) is 0 Å². The van der Waals surface area contributed by atoms with Crippen LogP contribution in [0, 0.1) is 0 Å². The van der Waals surface area contributed by atoms with Crippen molar-refractivity contribution in [3.05, 3.63) is 66.0 Å². The van der Waals surface area contributed by atoms with Gasteiger partial charge in [0.05, 0.1) is 6.21 Å². The number of pyridine rings is 1. The standard InChI is InChI=1S/C14H13N3O2/c18-13(12-4-2-1-3-5-12)14(19)17-16-10-11-6-8-15-9-7-11/h1-10,13,18H,(H,17,19)/b16-10-. The third-order valence-electron chi connectivity index (χ3n) is 2.46. The van der Waals surface area contributed by atoms with Crippen LogP contribution in [0.5, 0.6) is 0 Å². The third kappa shape index (κ3) is 3.72. The van der Waals surface area contributed by atoms with Gasteiger partial charge in [0.25, 0.3) is 5.91 Å². The maximum Gasteiger partial charge on any atom is 0.273 e. The molecule has 0 aliphatic rings. The molecule has 1 amide bonds. The van der Waals surface area contributed by atoms with Crippen LogP contribution in [-0.4, -0.2) is 22.2 Å². The molecule has 2 rings (SSSR count). The lowest BCUT2D eigenvalue weighted by atomic mass is 10.1. The largest absolute Gasteiger partial charge is 0.378 e. The Bertz CT molecular complexity index is 555. The fourth-order valence-electron chi connectivity index (χ4n) is 1.47. The molecule has 0 aliphatic heterocycles. The maximum absolute atomic E-state index is 11.6. The molecule has 1 unspecified atom stereocenters. The van der Waals surface area contributed by atoms with Gasteiger partial charge in [-0.2, -0.15) is 5.10 Å². The number of hydrogen-bond donors (Lipinski definition) is 2. The number of nitrogens with zero attached hydrogens (tertiary/aromatic N) is 2. The Labute approximate surface area is 110 Å². The lowest BCUT2D eigenvalue weighted by molar-refractivity contribution is -0.129. The highest BCUT2D eigenvalue weighted by molar-refractivity contribution is 5.84. The van der Waals surface area contributed by atoms with E-state index in [2.05, 4.69) is 15.5 Å². The van der Waals surface area contributed by atoms with Gasteiger partial charge in [0, 0.05) is 12.4 Å². The van der Waals surface area contributed by atoms with E-state index in [0.29, 0.717) is 5.56 Å². The van der Waals surface area contributed by atoms with Crippen molar-refractivity contribution < 1.29 is 9.90 Å². The minimum absolute atomic E-state index is 0.527. The van der Waals surface area contributed by atoms with Crippen LogP contribution in [0.4, 0.5) is 0 Å². The molecule has 19 heavy (non-hydrogen) atoms. The van der Waals surface area contributed by atoms with Crippen LogP contribution in [0.15, 0.2) is 60.0 Å². The summed E-state index contributed by atoms with van der Waals surface area (Å²) in [4.78, 5) is 15.5. The molecule has 0 saturated heterocycles. The van der Waals surface area contributed by atoms with Crippen molar-refractivity contribution >= 4 is 12.1 Å². The number of hydrazone groups is 1. The molecule has 1 aromatic heterocycles. The van der Waals surface area contributed by atoms with Crippen LogP contribution in [-0.2, 0) is 4.79 Å². The minimum Gasteiger partial charge on any atom is -0.378 e. The van der Waals surface area contributed by atoms with E-state index >= 15 is 0 Å². The number of carbonyl (C=O) groups excluding carboxylic acids is 1. The number of aliphatic hydroxyl groups excluding tert-OH is 1. The van der Waals surface area contributed by atoms with Crippen molar-refractivity contribution in [1.82, 2.24) is 10.4 Å². The lowest BCUT2D eigenvalue weighted by Crippen LogP contribution is -2.25. The summed E-state index contributed by atoms with van der Waals surface area (Å²) in [7, 11) is 0. The first-order valence-electron chi connectivity index (χ1n) is 5.73. The van der Waals surface area contributed by atoms with Gasteiger partial charge in [-0.05, 0) is 23.3 Å². The van der Waals surface area contributed by atoms with Crippen molar-refractivity contribution in [2.24, 2.45) is 5.10 Å². The Balaban J connectivity index is 1.93. The summed E-state index contributed by atoms with van der Waals surface area (Å²) < 4.78 is 0. The molecule has 0 fully saturated rings. The van der Waals surface area contributed by atoms with Gasteiger partial charge in [-0.15, -0.1) is 0 Å². The van der Waals surface area contributed by atoms with Crippen molar-refractivity contribution in [3.63, 3.8) is 0 Å². The monoisotopic (exact) mass is 255 g/mol. The predicted octanol–water partition coefficient (Wildman–Crippen LogP) is 1.27. The van der Waals surface area contributed by atoms with Gasteiger partial charge in [0.2, 0.25) is 0 Å². The Morgan fingerprint density at radius 3 is 2.58 bits per heavy atom. The van der Waals surface area contributed by atoms with Gasteiger partial charge in [-0.25, -0.2) is 5.43 Å². The second-order valence-electron chi connectivity index (χ2n) is 3.83. The van der Waals surface area contributed by atoms with Crippen molar-refractivity contribution in [2.45, 2.75) is 6.10 Å². The normalized spacial score (nSPS) is 12.3. The number of aliphatic hydroxyl groups is 1. The molecule has 2 N–H and O–H groups in total. The highest BCUT2D eigenvalue weighted by Gasteiger charge is 2.15. The summed E-state index contributed by atoms with van der Waals surface area (Å²) in [5.41, 5.74) is 3.63. The number of rotatable bonds is 4. The van der Waals surface area contributed by atoms with Crippen molar-refractivity contribution in [2.75, 3.05) is 0 Å². The zero-order valence-electron chi connectivity index (χ0n) is 10.1. The average Bonchev–Trinajstić information content (AvgIpc) is 2.48. The molecule has 0 spiro atoms. The average molecular weight is 255 g/mol. The molecule has 0 bridgehead atoms. The Morgan fingerprint density at radius 2 is 1.89 bits per heavy atom. The van der Waals surface area contributed by atoms with E-state index in [0.717, 1.165) is 5.56 Å². The summed E-state index contributed by atoms with van der Waals surface area (Å²) in [6.45, 7) is 0. The van der Waals surface area contributed by atoms with Crippen molar-refractivity contribution in [1.29, 1.82) is 0 Å². The van der Waals surface area contributed by atoms with Crippen LogP contribution >= 0.6 is 0 Å². The van der Waals surface area contributed by atoms with E-state index < -0.39 is 12.0 Å². The first kappa shape index (κ1) is 12.9. The highest BCUT2D eigenvalue weighted by Crippen LogP contribution is 2.11. The van der Waals surface area contributed by atoms with Crippen LogP contribution in [0.1, 0.15) is 17.2 Å². The summed E-state index contributed by atoms with van der Waals surface area (Å²) in [6, 6.07) is 12.2. The molecule has 96 valence electrons. The highest BCUT2D eigenvalue weighted by atomic mass is 16.3. The molecular weight excluding hydrogens is 242 g/mol. The van der Waals surface area contributed by atoms with Gasteiger partial charge >= 0.3 is 0 Å². The van der Waals surface area contributed by atoms with E-state index in [1.165, 1.54) is 6.21 Å². The molecule has 0 saturated carbocycles. The quantitative estimate of drug-likeness (QED) is 0.638.